The lowest BCUT2D eigenvalue weighted by atomic mass is 9.88. The van der Waals surface area contributed by atoms with E-state index < -0.39 is 4.92 Å². The molecule has 0 unspecified atom stereocenters. The molecule has 0 saturated heterocycles. The zero-order chi connectivity index (χ0) is 26.5. The zero-order valence-electron chi connectivity index (χ0n) is 20.9. The van der Waals surface area contributed by atoms with Crippen LogP contribution in [0.2, 0.25) is 0 Å². The van der Waals surface area contributed by atoms with Gasteiger partial charge in [-0.25, -0.2) is 0 Å². The highest BCUT2D eigenvalue weighted by Gasteiger charge is 2.24. The highest BCUT2D eigenvalue weighted by atomic mass is 16.6. The molecule has 192 valence electrons. The van der Waals surface area contributed by atoms with Crippen molar-refractivity contribution in [2.75, 3.05) is 7.11 Å². The van der Waals surface area contributed by atoms with E-state index in [4.69, 9.17) is 9.15 Å². The molecule has 0 aliphatic rings. The molecule has 0 radical (unpaired) electrons. The minimum Gasteiger partial charge on any atom is -0.497 e. The molecule has 5 aromatic rings. The molecule has 0 fully saturated rings. The molecule has 1 N–H and O–H groups in total. The van der Waals surface area contributed by atoms with Crippen LogP contribution in [0.4, 0.5) is 5.69 Å². The first-order chi connectivity index (χ1) is 18.5. The summed E-state index contributed by atoms with van der Waals surface area (Å²) in [5.74, 6) is 1.01. The third-order valence-electron chi connectivity index (χ3n) is 6.64. The van der Waals surface area contributed by atoms with E-state index in [0.29, 0.717) is 12.3 Å². The topological polar surface area (TPSA) is 99.5 Å². The number of carbonyl (C=O) groups is 1. The fourth-order valence-corrected chi connectivity index (χ4v) is 4.70. The van der Waals surface area contributed by atoms with Crippen LogP contribution in [0.1, 0.15) is 34.8 Å². The van der Waals surface area contributed by atoms with E-state index in [2.05, 4.69) is 22.1 Å². The summed E-state index contributed by atoms with van der Waals surface area (Å²) < 4.78 is 12.8. The molecule has 0 aliphatic heterocycles. The lowest BCUT2D eigenvalue weighted by Gasteiger charge is -2.17. The Labute approximate surface area is 219 Å². The van der Waals surface area contributed by atoms with E-state index >= 15 is 0 Å². The quantitative estimate of drug-likeness (QED) is 0.183. The van der Waals surface area contributed by atoms with Gasteiger partial charge in [0.25, 0.3) is 5.69 Å². The van der Waals surface area contributed by atoms with Crippen LogP contribution in [0.15, 0.2) is 102 Å². The van der Waals surface area contributed by atoms with Crippen LogP contribution in [0.3, 0.4) is 0 Å². The van der Waals surface area contributed by atoms with Gasteiger partial charge in [-0.05, 0) is 47.0 Å². The van der Waals surface area contributed by atoms with Crippen molar-refractivity contribution < 1.29 is 18.9 Å². The second-order valence-corrected chi connectivity index (χ2v) is 9.04. The van der Waals surface area contributed by atoms with Crippen LogP contribution in [-0.4, -0.2) is 22.5 Å². The summed E-state index contributed by atoms with van der Waals surface area (Å²) in [4.78, 5) is 23.9. The second-order valence-electron chi connectivity index (χ2n) is 9.04. The number of para-hydroxylation sites is 1. The lowest BCUT2D eigenvalue weighted by molar-refractivity contribution is -0.384. The minimum absolute atomic E-state index is 0.0108. The minimum atomic E-state index is -0.421. The number of hydrogen-bond acceptors (Lipinski definition) is 5. The smallest absolute Gasteiger partial charge is 0.269 e. The average Bonchev–Trinajstić information content (AvgIpc) is 3.60. The van der Waals surface area contributed by atoms with E-state index in [9.17, 15) is 14.9 Å². The number of nitrogens with one attached hydrogen (secondary N) is 1. The van der Waals surface area contributed by atoms with E-state index in [0.717, 1.165) is 33.3 Å². The predicted molar refractivity (Wildman–Crippen MR) is 144 cm³/mol. The van der Waals surface area contributed by atoms with E-state index in [1.807, 2.05) is 42.5 Å². The first-order valence-corrected chi connectivity index (χ1v) is 12.3. The van der Waals surface area contributed by atoms with E-state index in [1.165, 1.54) is 12.1 Å². The first-order valence-electron chi connectivity index (χ1n) is 12.3. The summed E-state index contributed by atoms with van der Waals surface area (Å²) >= 11 is 0. The standard InChI is InChI=1S/C30H27N3O5/c1-37-24-14-8-21(9-15-24)19-32-20-28(26-6-2-3-7-29(26)32)27(22-10-12-23(13-11-22)33(35)36)17-30(34)31-18-25-5-4-16-38-25/h2-16,20,27H,17-19H2,1H3,(H,31,34)/t27-/m0/s1. The van der Waals surface area contributed by atoms with Crippen LogP contribution in [0, 0.1) is 10.1 Å². The highest BCUT2D eigenvalue weighted by Crippen LogP contribution is 2.36. The summed E-state index contributed by atoms with van der Waals surface area (Å²) in [7, 11) is 1.64. The van der Waals surface area contributed by atoms with E-state index in [-0.39, 0.29) is 30.5 Å². The fourth-order valence-electron chi connectivity index (χ4n) is 4.70. The van der Waals surface area contributed by atoms with Gasteiger partial charge in [-0.1, -0.05) is 42.5 Å². The maximum Gasteiger partial charge on any atom is 0.269 e. The van der Waals surface area contributed by atoms with Crippen LogP contribution < -0.4 is 10.1 Å². The van der Waals surface area contributed by atoms with Crippen molar-refractivity contribution in [3.8, 4) is 5.75 Å². The second kappa shape index (κ2) is 11.0. The Bertz CT molecular complexity index is 1540. The van der Waals surface area contributed by atoms with Gasteiger partial charge in [0.1, 0.15) is 11.5 Å². The molecule has 5 rings (SSSR count). The molecule has 1 atom stereocenters. The Morgan fingerprint density at radius 3 is 2.47 bits per heavy atom. The van der Waals surface area contributed by atoms with Gasteiger partial charge in [0, 0.05) is 48.1 Å². The Hall–Kier alpha value is -4.85. The highest BCUT2D eigenvalue weighted by molar-refractivity contribution is 5.87. The Morgan fingerprint density at radius 1 is 1.03 bits per heavy atom. The number of ether oxygens (including phenoxy) is 1. The number of carbonyl (C=O) groups excluding carboxylic acids is 1. The van der Waals surface area contributed by atoms with Gasteiger partial charge in [0.05, 0.1) is 24.8 Å². The Morgan fingerprint density at radius 2 is 1.79 bits per heavy atom. The molecule has 1 amide bonds. The van der Waals surface area contributed by atoms with Crippen molar-refractivity contribution in [2.24, 2.45) is 0 Å². The zero-order valence-corrected chi connectivity index (χ0v) is 20.9. The molecule has 2 heterocycles. The van der Waals surface area contributed by atoms with Gasteiger partial charge >= 0.3 is 0 Å². The fraction of sp³-hybridized carbons (Fsp3) is 0.167. The summed E-state index contributed by atoms with van der Waals surface area (Å²) in [6, 6.07) is 26.0. The van der Waals surface area contributed by atoms with Crippen LogP contribution in [0.5, 0.6) is 5.75 Å². The number of methoxy groups -OCH3 is 1. The van der Waals surface area contributed by atoms with Gasteiger partial charge in [0.2, 0.25) is 5.91 Å². The van der Waals surface area contributed by atoms with Crippen LogP contribution in [-0.2, 0) is 17.9 Å². The molecule has 0 saturated carbocycles. The van der Waals surface area contributed by atoms with Gasteiger partial charge in [-0.3, -0.25) is 14.9 Å². The van der Waals surface area contributed by atoms with Gasteiger partial charge in [-0.2, -0.15) is 0 Å². The summed E-state index contributed by atoms with van der Waals surface area (Å²) in [6.07, 6.45) is 3.83. The molecule has 2 aromatic heterocycles. The number of hydrogen-bond donors (Lipinski definition) is 1. The first kappa shape index (κ1) is 24.8. The Balaban J connectivity index is 1.50. The third-order valence-corrected chi connectivity index (χ3v) is 6.64. The van der Waals surface area contributed by atoms with Gasteiger partial charge in [-0.15, -0.1) is 0 Å². The number of non-ortho nitro benzene ring substituents is 1. The number of amides is 1. The van der Waals surface area contributed by atoms with Crippen molar-refractivity contribution in [2.45, 2.75) is 25.4 Å². The molecule has 0 aliphatic carbocycles. The van der Waals surface area contributed by atoms with Gasteiger partial charge < -0.3 is 19.0 Å². The molecule has 3 aromatic carbocycles. The molecular formula is C30H27N3O5. The van der Waals surface area contributed by atoms with Crippen molar-refractivity contribution in [1.29, 1.82) is 0 Å². The number of furan rings is 1. The summed E-state index contributed by atoms with van der Waals surface area (Å²) in [6.45, 7) is 0.931. The van der Waals surface area contributed by atoms with E-state index in [1.54, 1.807) is 37.6 Å². The number of fused-ring (bicyclic) bond motifs is 1. The maximum atomic E-state index is 13.1. The Kier molecular flexibility index (Phi) is 7.21. The SMILES string of the molecule is COc1ccc(Cn2cc([C@@H](CC(=O)NCc3ccco3)c3ccc([N+](=O)[O-])cc3)c3ccccc32)cc1. The van der Waals surface area contributed by atoms with Gasteiger partial charge in [0.15, 0.2) is 0 Å². The molecule has 8 heteroatoms. The average molecular weight is 510 g/mol. The maximum absolute atomic E-state index is 13.1. The molecule has 0 spiro atoms. The number of aromatic nitrogens is 1. The normalized spacial score (nSPS) is 11.8. The number of rotatable bonds is 10. The van der Waals surface area contributed by atoms with Crippen LogP contribution in [0.25, 0.3) is 10.9 Å². The monoisotopic (exact) mass is 509 g/mol. The van der Waals surface area contributed by atoms with Crippen molar-refractivity contribution in [3.63, 3.8) is 0 Å². The largest absolute Gasteiger partial charge is 0.497 e. The number of nitrogens with zero attached hydrogens (tertiary/aromatic N) is 2. The number of nitro groups is 1. The number of nitro benzene ring substituents is 1. The van der Waals surface area contributed by atoms with Crippen molar-refractivity contribution >= 4 is 22.5 Å². The van der Waals surface area contributed by atoms with Crippen molar-refractivity contribution in [1.82, 2.24) is 9.88 Å². The molecule has 0 bridgehead atoms. The summed E-state index contributed by atoms with van der Waals surface area (Å²) in [5.41, 5.74) is 3.98. The van der Waals surface area contributed by atoms with Crippen molar-refractivity contribution in [3.05, 3.63) is 130 Å². The molecular weight excluding hydrogens is 482 g/mol. The summed E-state index contributed by atoms with van der Waals surface area (Å²) in [5, 5.41) is 15.2. The third kappa shape index (κ3) is 5.44. The molecule has 38 heavy (non-hydrogen) atoms. The number of benzene rings is 3. The van der Waals surface area contributed by atoms with Crippen LogP contribution >= 0.6 is 0 Å². The molecule has 8 nitrogen and oxygen atoms in total. The predicted octanol–water partition coefficient (Wildman–Crippen LogP) is 6.04. The lowest BCUT2D eigenvalue weighted by Crippen LogP contribution is -2.24.